The number of likely N-dealkylation sites (tertiary alicyclic amines) is 1. The van der Waals surface area contributed by atoms with Crippen LogP contribution >= 0.6 is 15.9 Å². The molecular weight excluding hydrogens is 324 g/mol. The summed E-state index contributed by atoms with van der Waals surface area (Å²) in [5.41, 5.74) is -0.428. The summed E-state index contributed by atoms with van der Waals surface area (Å²) < 4.78 is 0.858. The van der Waals surface area contributed by atoms with E-state index < -0.39 is 11.5 Å². The molecule has 108 valence electrons. The molecule has 1 heterocycles. The summed E-state index contributed by atoms with van der Waals surface area (Å²) in [5.74, 6) is -0.929. The molecule has 1 atom stereocenters. The topological polar surface area (TPSA) is 69.6 Å². The number of nitrogens with one attached hydrogen (secondary N) is 1. The van der Waals surface area contributed by atoms with Gasteiger partial charge in [-0.2, -0.15) is 0 Å². The zero-order valence-corrected chi connectivity index (χ0v) is 12.8. The van der Waals surface area contributed by atoms with Crippen molar-refractivity contribution in [1.29, 1.82) is 0 Å². The monoisotopic (exact) mass is 340 g/mol. The van der Waals surface area contributed by atoms with Gasteiger partial charge in [0.1, 0.15) is 5.54 Å². The first-order chi connectivity index (χ1) is 9.49. The van der Waals surface area contributed by atoms with Crippen LogP contribution in [0.4, 0.5) is 10.5 Å². The highest BCUT2D eigenvalue weighted by molar-refractivity contribution is 9.10. The van der Waals surface area contributed by atoms with Crippen LogP contribution in [-0.4, -0.2) is 34.1 Å². The third-order valence-corrected chi connectivity index (χ3v) is 4.29. The van der Waals surface area contributed by atoms with Gasteiger partial charge in [0.25, 0.3) is 0 Å². The van der Waals surface area contributed by atoms with Gasteiger partial charge in [-0.05, 0) is 37.5 Å². The number of hydrogen-bond acceptors (Lipinski definition) is 2. The van der Waals surface area contributed by atoms with Crippen molar-refractivity contribution in [2.45, 2.75) is 31.7 Å². The van der Waals surface area contributed by atoms with E-state index in [0.29, 0.717) is 31.5 Å². The molecule has 1 aliphatic rings. The van der Waals surface area contributed by atoms with E-state index in [0.717, 1.165) is 4.47 Å². The molecule has 1 aliphatic heterocycles. The van der Waals surface area contributed by atoms with Gasteiger partial charge in [0.15, 0.2) is 0 Å². The van der Waals surface area contributed by atoms with Crippen molar-refractivity contribution < 1.29 is 14.7 Å². The Morgan fingerprint density at radius 3 is 2.85 bits per heavy atom. The average molecular weight is 341 g/mol. The number of aliphatic carboxylic acids is 1. The molecule has 1 aromatic carbocycles. The Morgan fingerprint density at radius 1 is 1.50 bits per heavy atom. The number of hydrogen-bond donors (Lipinski definition) is 2. The van der Waals surface area contributed by atoms with Crippen LogP contribution in [0, 0.1) is 0 Å². The fourth-order valence-corrected chi connectivity index (χ4v) is 3.07. The first-order valence-corrected chi connectivity index (χ1v) is 7.36. The van der Waals surface area contributed by atoms with Gasteiger partial charge in [0.05, 0.1) is 0 Å². The number of halogens is 1. The molecule has 0 radical (unpaired) electrons. The number of urea groups is 1. The van der Waals surface area contributed by atoms with E-state index in [1.807, 2.05) is 12.1 Å². The highest BCUT2D eigenvalue weighted by atomic mass is 79.9. The Bertz CT molecular complexity index is 535. The van der Waals surface area contributed by atoms with Crippen molar-refractivity contribution in [3.63, 3.8) is 0 Å². The molecule has 2 N–H and O–H groups in total. The molecule has 2 rings (SSSR count). The third-order valence-electron chi connectivity index (χ3n) is 3.79. The number of rotatable bonds is 3. The Hall–Kier alpha value is -1.56. The largest absolute Gasteiger partial charge is 0.479 e. The zero-order valence-electron chi connectivity index (χ0n) is 11.2. The van der Waals surface area contributed by atoms with Gasteiger partial charge in [-0.3, -0.25) is 0 Å². The maximum Gasteiger partial charge on any atom is 0.329 e. The molecule has 6 heteroatoms. The first-order valence-electron chi connectivity index (χ1n) is 6.57. The summed E-state index contributed by atoms with van der Waals surface area (Å²) in [4.78, 5) is 25.3. The van der Waals surface area contributed by atoms with E-state index in [4.69, 9.17) is 0 Å². The Morgan fingerprint density at radius 2 is 2.25 bits per heavy atom. The van der Waals surface area contributed by atoms with Gasteiger partial charge < -0.3 is 15.3 Å². The van der Waals surface area contributed by atoms with Crippen LogP contribution in [0.2, 0.25) is 0 Å². The molecule has 1 saturated heterocycles. The number of carboxylic acids is 1. The minimum Gasteiger partial charge on any atom is -0.479 e. The summed E-state index contributed by atoms with van der Waals surface area (Å²) in [6, 6.07) is 6.87. The van der Waals surface area contributed by atoms with E-state index in [2.05, 4.69) is 21.2 Å². The van der Waals surface area contributed by atoms with Gasteiger partial charge in [-0.15, -0.1) is 0 Å². The molecule has 1 unspecified atom stereocenters. The Balaban J connectivity index is 2.18. The molecule has 0 aromatic heterocycles. The number of carbonyl (C=O) groups is 2. The van der Waals surface area contributed by atoms with Gasteiger partial charge in [0.2, 0.25) is 0 Å². The van der Waals surface area contributed by atoms with Crippen molar-refractivity contribution in [1.82, 2.24) is 4.90 Å². The van der Waals surface area contributed by atoms with E-state index in [-0.39, 0.29) is 6.03 Å². The van der Waals surface area contributed by atoms with Gasteiger partial charge >= 0.3 is 12.0 Å². The van der Waals surface area contributed by atoms with Crippen LogP contribution in [0.15, 0.2) is 28.7 Å². The lowest BCUT2D eigenvalue weighted by Crippen LogP contribution is -2.54. The quantitative estimate of drug-likeness (QED) is 0.886. The van der Waals surface area contributed by atoms with Crippen molar-refractivity contribution in [3.05, 3.63) is 28.7 Å². The molecule has 0 aliphatic carbocycles. The standard InChI is InChI=1S/C14H17BrN2O3/c1-2-14(12(18)19)7-4-8-17(14)13(20)16-11-6-3-5-10(15)9-11/h3,5-6,9H,2,4,7-8H2,1H3,(H,16,20)(H,18,19). The van der Waals surface area contributed by atoms with Crippen LogP contribution in [0.1, 0.15) is 26.2 Å². The van der Waals surface area contributed by atoms with Crippen molar-refractivity contribution in [2.24, 2.45) is 0 Å². The number of amides is 2. The van der Waals surface area contributed by atoms with Crippen molar-refractivity contribution in [2.75, 3.05) is 11.9 Å². The van der Waals surface area contributed by atoms with Gasteiger partial charge in [-0.1, -0.05) is 28.9 Å². The highest BCUT2D eigenvalue weighted by Crippen LogP contribution is 2.33. The summed E-state index contributed by atoms with van der Waals surface area (Å²) in [6.07, 6.45) is 1.63. The molecule has 0 spiro atoms. The number of benzene rings is 1. The molecular formula is C14H17BrN2O3. The number of nitrogens with zero attached hydrogens (tertiary/aromatic N) is 1. The molecule has 5 nitrogen and oxygen atoms in total. The summed E-state index contributed by atoms with van der Waals surface area (Å²) in [5, 5.41) is 12.2. The van der Waals surface area contributed by atoms with Gasteiger partial charge in [-0.25, -0.2) is 9.59 Å². The second-order valence-electron chi connectivity index (χ2n) is 4.89. The van der Waals surface area contributed by atoms with Crippen LogP contribution in [-0.2, 0) is 4.79 Å². The molecule has 0 bridgehead atoms. The first kappa shape index (κ1) is 14.8. The van der Waals surface area contributed by atoms with E-state index in [9.17, 15) is 14.7 Å². The molecule has 20 heavy (non-hydrogen) atoms. The maximum atomic E-state index is 12.3. The molecule has 0 saturated carbocycles. The normalized spacial score (nSPS) is 21.8. The Labute approximate surface area is 126 Å². The van der Waals surface area contributed by atoms with E-state index in [1.54, 1.807) is 19.1 Å². The number of carbonyl (C=O) groups excluding carboxylic acids is 1. The smallest absolute Gasteiger partial charge is 0.329 e. The predicted molar refractivity (Wildman–Crippen MR) is 79.8 cm³/mol. The number of anilines is 1. The van der Waals surface area contributed by atoms with Gasteiger partial charge in [0, 0.05) is 16.7 Å². The lowest BCUT2D eigenvalue weighted by molar-refractivity contribution is -0.148. The van der Waals surface area contributed by atoms with E-state index in [1.165, 1.54) is 4.90 Å². The third kappa shape index (κ3) is 2.65. The SMILES string of the molecule is CCC1(C(=O)O)CCCN1C(=O)Nc1cccc(Br)c1. The highest BCUT2D eigenvalue weighted by Gasteiger charge is 2.48. The summed E-state index contributed by atoms with van der Waals surface area (Å²) in [6.45, 7) is 2.28. The fraction of sp³-hybridized carbons (Fsp3) is 0.429. The van der Waals surface area contributed by atoms with Crippen LogP contribution in [0.5, 0.6) is 0 Å². The van der Waals surface area contributed by atoms with E-state index >= 15 is 0 Å². The summed E-state index contributed by atoms with van der Waals surface area (Å²) in [7, 11) is 0. The average Bonchev–Trinajstić information content (AvgIpc) is 2.83. The lowest BCUT2D eigenvalue weighted by Gasteiger charge is -2.33. The van der Waals surface area contributed by atoms with Crippen molar-refractivity contribution >= 4 is 33.6 Å². The minimum atomic E-state index is -1.07. The molecule has 2 amide bonds. The maximum absolute atomic E-state index is 12.3. The predicted octanol–water partition coefficient (Wildman–Crippen LogP) is 3.31. The molecule has 1 aromatic rings. The lowest BCUT2D eigenvalue weighted by atomic mass is 9.93. The fourth-order valence-electron chi connectivity index (χ4n) is 2.67. The minimum absolute atomic E-state index is 0.357. The Kier molecular flexibility index (Phi) is 4.32. The van der Waals surface area contributed by atoms with Crippen LogP contribution in [0.3, 0.4) is 0 Å². The zero-order chi connectivity index (χ0) is 14.8. The number of carboxylic acid groups (broad SMARTS) is 1. The van der Waals surface area contributed by atoms with Crippen LogP contribution in [0.25, 0.3) is 0 Å². The van der Waals surface area contributed by atoms with Crippen molar-refractivity contribution in [3.8, 4) is 0 Å². The molecule has 1 fully saturated rings. The van der Waals surface area contributed by atoms with Crippen LogP contribution < -0.4 is 5.32 Å². The second-order valence-corrected chi connectivity index (χ2v) is 5.80. The summed E-state index contributed by atoms with van der Waals surface area (Å²) >= 11 is 3.34. The second kappa shape index (κ2) is 5.83.